The van der Waals surface area contributed by atoms with Gasteiger partial charge in [0.25, 0.3) is 5.91 Å². The van der Waals surface area contributed by atoms with Crippen molar-refractivity contribution in [3.8, 4) is 0 Å². The molecule has 1 aliphatic rings. The van der Waals surface area contributed by atoms with Gasteiger partial charge in [-0.25, -0.2) is 8.42 Å². The summed E-state index contributed by atoms with van der Waals surface area (Å²) in [5.41, 5.74) is 2.30. The first-order valence-corrected chi connectivity index (χ1v) is 9.21. The van der Waals surface area contributed by atoms with Gasteiger partial charge in [-0.15, -0.1) is 0 Å². The first kappa shape index (κ1) is 15.1. The number of amides is 1. The fourth-order valence-corrected chi connectivity index (χ4v) is 4.67. The van der Waals surface area contributed by atoms with Crippen molar-refractivity contribution < 1.29 is 17.6 Å². The maximum Gasteiger partial charge on any atom is 0.257 e. The molecule has 1 amide bonds. The van der Waals surface area contributed by atoms with E-state index in [-0.39, 0.29) is 23.5 Å². The molecule has 1 aliphatic heterocycles. The maximum absolute atomic E-state index is 12.7. The highest BCUT2D eigenvalue weighted by atomic mass is 32.2. The van der Waals surface area contributed by atoms with Gasteiger partial charge in [-0.3, -0.25) is 4.79 Å². The molecule has 1 aromatic heterocycles. The minimum Gasteiger partial charge on any atom is -0.463 e. The number of furan rings is 1. The monoisotopic (exact) mass is 321 g/mol. The summed E-state index contributed by atoms with van der Waals surface area (Å²) >= 11 is 0. The van der Waals surface area contributed by atoms with Gasteiger partial charge < -0.3 is 9.32 Å². The summed E-state index contributed by atoms with van der Waals surface area (Å²) in [6.45, 7) is 2.05. The number of rotatable bonds is 3. The second kappa shape index (κ2) is 5.43. The summed E-state index contributed by atoms with van der Waals surface area (Å²) in [5, 5.41) is 0.789. The van der Waals surface area contributed by atoms with Crippen molar-refractivity contribution in [2.45, 2.75) is 25.8 Å². The Morgan fingerprint density at radius 1 is 1.41 bits per heavy atom. The van der Waals surface area contributed by atoms with Crippen molar-refractivity contribution >= 4 is 26.7 Å². The highest BCUT2D eigenvalue weighted by Gasteiger charge is 2.33. The van der Waals surface area contributed by atoms with Crippen LogP contribution in [0.15, 0.2) is 28.9 Å². The van der Waals surface area contributed by atoms with E-state index in [0.29, 0.717) is 17.6 Å². The quantitative estimate of drug-likeness (QED) is 0.869. The predicted molar refractivity (Wildman–Crippen MR) is 84.7 cm³/mol. The zero-order valence-electron chi connectivity index (χ0n) is 12.7. The SMILES string of the molecule is CCc1ccc2occ(C(=O)N(C)[C@H]3CCS(=O)(=O)C3)c2c1. The van der Waals surface area contributed by atoms with E-state index in [0.717, 1.165) is 17.4 Å². The summed E-state index contributed by atoms with van der Waals surface area (Å²) < 4.78 is 28.6. The topological polar surface area (TPSA) is 67.6 Å². The lowest BCUT2D eigenvalue weighted by Crippen LogP contribution is -2.37. The number of fused-ring (bicyclic) bond motifs is 1. The van der Waals surface area contributed by atoms with Crippen molar-refractivity contribution in [2.24, 2.45) is 0 Å². The first-order chi connectivity index (χ1) is 10.4. The van der Waals surface area contributed by atoms with Crippen molar-refractivity contribution in [3.63, 3.8) is 0 Å². The molecule has 2 heterocycles. The van der Waals surface area contributed by atoms with E-state index in [1.165, 1.54) is 11.2 Å². The van der Waals surface area contributed by atoms with Crippen LogP contribution in [0.5, 0.6) is 0 Å². The third-order valence-corrected chi connectivity index (χ3v) is 6.10. The Balaban J connectivity index is 1.92. The van der Waals surface area contributed by atoms with Crippen LogP contribution in [0.2, 0.25) is 0 Å². The average Bonchev–Trinajstić information content (AvgIpc) is 3.08. The maximum atomic E-state index is 12.7. The predicted octanol–water partition coefficient (Wildman–Crippen LogP) is 2.25. The largest absolute Gasteiger partial charge is 0.463 e. The van der Waals surface area contributed by atoms with Gasteiger partial charge in [0.15, 0.2) is 9.84 Å². The Morgan fingerprint density at radius 2 is 2.18 bits per heavy atom. The lowest BCUT2D eigenvalue weighted by Gasteiger charge is -2.22. The Labute approximate surface area is 129 Å². The molecule has 1 atom stereocenters. The lowest BCUT2D eigenvalue weighted by molar-refractivity contribution is 0.0748. The van der Waals surface area contributed by atoms with Crippen LogP contribution in [0.25, 0.3) is 11.0 Å². The zero-order chi connectivity index (χ0) is 15.9. The van der Waals surface area contributed by atoms with Gasteiger partial charge in [0.1, 0.15) is 11.8 Å². The normalized spacial score (nSPS) is 20.4. The van der Waals surface area contributed by atoms with Crippen molar-refractivity contribution in [3.05, 3.63) is 35.6 Å². The minimum atomic E-state index is -3.01. The standard InChI is InChI=1S/C16H19NO4S/c1-3-11-4-5-15-13(8-11)14(9-21-15)16(18)17(2)12-6-7-22(19,20)10-12/h4-5,8-9,12H,3,6-7,10H2,1-2H3/t12-/m0/s1. The van der Waals surface area contributed by atoms with Crippen LogP contribution in [0.1, 0.15) is 29.3 Å². The molecule has 0 unspecified atom stereocenters. The molecular formula is C16H19NO4S. The van der Waals surface area contributed by atoms with Crippen LogP contribution in [-0.4, -0.2) is 43.8 Å². The number of nitrogens with zero attached hydrogens (tertiary/aromatic N) is 1. The summed E-state index contributed by atoms with van der Waals surface area (Å²) in [5.74, 6) is 0.0150. The second-order valence-corrected chi connectivity index (χ2v) is 8.04. The summed E-state index contributed by atoms with van der Waals surface area (Å²) in [6, 6.07) is 5.56. The van der Waals surface area contributed by atoms with Crippen molar-refractivity contribution in [1.29, 1.82) is 0 Å². The molecule has 0 spiro atoms. The Hall–Kier alpha value is -1.82. The van der Waals surface area contributed by atoms with E-state index in [9.17, 15) is 13.2 Å². The molecule has 6 heteroatoms. The van der Waals surface area contributed by atoms with Crippen molar-refractivity contribution in [2.75, 3.05) is 18.6 Å². The first-order valence-electron chi connectivity index (χ1n) is 7.39. The van der Waals surface area contributed by atoms with E-state index in [4.69, 9.17) is 4.42 Å². The molecule has 5 nitrogen and oxygen atoms in total. The molecule has 2 aromatic rings. The number of hydrogen-bond acceptors (Lipinski definition) is 4. The molecule has 0 radical (unpaired) electrons. The van der Waals surface area contributed by atoms with Gasteiger partial charge in [0, 0.05) is 18.5 Å². The van der Waals surface area contributed by atoms with E-state index in [1.54, 1.807) is 7.05 Å². The number of carbonyl (C=O) groups is 1. The molecule has 1 saturated heterocycles. The van der Waals surface area contributed by atoms with Crippen LogP contribution in [0.4, 0.5) is 0 Å². The third kappa shape index (κ3) is 2.63. The highest BCUT2D eigenvalue weighted by Crippen LogP contribution is 2.26. The Kier molecular flexibility index (Phi) is 3.72. The minimum absolute atomic E-state index is 0.0469. The van der Waals surface area contributed by atoms with E-state index in [2.05, 4.69) is 6.92 Å². The zero-order valence-corrected chi connectivity index (χ0v) is 13.5. The van der Waals surface area contributed by atoms with Gasteiger partial charge >= 0.3 is 0 Å². The molecule has 0 aliphatic carbocycles. The fourth-order valence-electron chi connectivity index (χ4n) is 2.90. The molecule has 3 rings (SSSR count). The van der Waals surface area contributed by atoms with Gasteiger partial charge in [-0.1, -0.05) is 13.0 Å². The molecule has 1 aromatic carbocycles. The molecule has 0 N–H and O–H groups in total. The van der Waals surface area contributed by atoms with Crippen LogP contribution in [-0.2, 0) is 16.3 Å². The van der Waals surface area contributed by atoms with E-state index < -0.39 is 9.84 Å². The summed E-state index contributed by atoms with van der Waals surface area (Å²) in [7, 11) is -1.35. The molecule has 22 heavy (non-hydrogen) atoms. The average molecular weight is 321 g/mol. The van der Waals surface area contributed by atoms with Crippen LogP contribution >= 0.6 is 0 Å². The van der Waals surface area contributed by atoms with Crippen LogP contribution < -0.4 is 0 Å². The Morgan fingerprint density at radius 3 is 2.82 bits per heavy atom. The highest BCUT2D eigenvalue weighted by molar-refractivity contribution is 7.91. The number of carbonyl (C=O) groups excluding carboxylic acids is 1. The lowest BCUT2D eigenvalue weighted by atomic mass is 10.1. The van der Waals surface area contributed by atoms with Gasteiger partial charge in [0.05, 0.1) is 17.1 Å². The van der Waals surface area contributed by atoms with Crippen molar-refractivity contribution in [1.82, 2.24) is 4.90 Å². The fraction of sp³-hybridized carbons (Fsp3) is 0.438. The second-order valence-electron chi connectivity index (χ2n) is 5.81. The molecule has 0 saturated carbocycles. The smallest absolute Gasteiger partial charge is 0.257 e. The summed E-state index contributed by atoms with van der Waals surface area (Å²) in [6.07, 6.45) is 2.85. The Bertz CT molecular complexity index is 822. The van der Waals surface area contributed by atoms with Gasteiger partial charge in [0.2, 0.25) is 0 Å². The van der Waals surface area contributed by atoms with Gasteiger partial charge in [-0.05, 0) is 30.5 Å². The molecule has 1 fully saturated rings. The molecule has 0 bridgehead atoms. The molecule has 118 valence electrons. The number of sulfone groups is 1. The third-order valence-electron chi connectivity index (χ3n) is 4.35. The van der Waals surface area contributed by atoms with E-state index in [1.807, 2.05) is 18.2 Å². The van der Waals surface area contributed by atoms with Crippen LogP contribution in [0.3, 0.4) is 0 Å². The van der Waals surface area contributed by atoms with Gasteiger partial charge in [-0.2, -0.15) is 0 Å². The van der Waals surface area contributed by atoms with Crippen LogP contribution in [0, 0.1) is 0 Å². The molecular weight excluding hydrogens is 302 g/mol. The number of aryl methyl sites for hydroxylation is 1. The number of benzene rings is 1. The van der Waals surface area contributed by atoms with E-state index >= 15 is 0 Å². The summed E-state index contributed by atoms with van der Waals surface area (Å²) in [4.78, 5) is 14.2. The number of hydrogen-bond donors (Lipinski definition) is 0.